The second kappa shape index (κ2) is 8.95. The monoisotopic (exact) mass is 452 g/mol. The molecule has 0 nitrogen and oxygen atoms in total. The van der Waals surface area contributed by atoms with E-state index in [1.165, 1.54) is 37.0 Å². The molecule has 22 heavy (non-hydrogen) atoms. The molecule has 1 rings (SSSR count). The van der Waals surface area contributed by atoms with E-state index in [0.29, 0.717) is 0 Å². The second-order valence-electron chi connectivity index (χ2n) is 5.97. The molecule has 4 heteroatoms. The predicted octanol–water partition coefficient (Wildman–Crippen LogP) is 6.22. The van der Waals surface area contributed by atoms with Crippen molar-refractivity contribution in [1.82, 2.24) is 0 Å². The molecule has 0 spiro atoms. The molecule has 0 bridgehead atoms. The van der Waals surface area contributed by atoms with E-state index in [4.69, 9.17) is 0 Å². The summed E-state index contributed by atoms with van der Waals surface area (Å²) in [6.07, 6.45) is 8.55. The van der Waals surface area contributed by atoms with Gasteiger partial charge in [-0.1, -0.05) is 0 Å². The quantitative estimate of drug-likeness (QED) is 0.307. The molecule has 1 aromatic carbocycles. The Morgan fingerprint density at radius 3 is 1.27 bits per heavy atom. The van der Waals surface area contributed by atoms with E-state index >= 15 is 0 Å². The van der Waals surface area contributed by atoms with Crippen LogP contribution in [0.25, 0.3) is 0 Å². The van der Waals surface area contributed by atoms with E-state index in [1.54, 1.807) is 4.53 Å². The molecule has 136 valence electrons. The molecule has 0 fully saturated rings. The van der Waals surface area contributed by atoms with Crippen LogP contribution in [0.2, 0.25) is 0 Å². The number of hydrogen-bond donors (Lipinski definition) is 0. The van der Waals surface area contributed by atoms with Gasteiger partial charge >= 0.3 is 149 Å². The SMILES string of the molecule is CC[PH](CC)(CC)[Ni]([Br])([c]1ccccc1)[PH](CC)(CC)CC. The van der Waals surface area contributed by atoms with Gasteiger partial charge < -0.3 is 0 Å². The topological polar surface area (TPSA) is 0 Å². The Kier molecular flexibility index (Phi) is 8.58. The van der Waals surface area contributed by atoms with Gasteiger partial charge in [0.25, 0.3) is 0 Å². The van der Waals surface area contributed by atoms with Crippen molar-refractivity contribution in [2.24, 2.45) is 0 Å². The molecule has 1 aromatic rings. The second-order valence-corrected chi connectivity index (χ2v) is 34.8. The Labute approximate surface area is 149 Å². The van der Waals surface area contributed by atoms with Gasteiger partial charge in [-0.3, -0.25) is 0 Å². The summed E-state index contributed by atoms with van der Waals surface area (Å²) in [5.41, 5.74) is 0. The van der Waals surface area contributed by atoms with Gasteiger partial charge in [-0.25, -0.2) is 0 Å². The summed E-state index contributed by atoms with van der Waals surface area (Å²) in [5, 5.41) is 0. The van der Waals surface area contributed by atoms with Crippen LogP contribution in [0, 0.1) is 0 Å². The van der Waals surface area contributed by atoms with E-state index in [9.17, 15) is 0 Å². The molecule has 0 aromatic heterocycles. The maximum atomic E-state index is 4.62. The number of rotatable bonds is 9. The summed E-state index contributed by atoms with van der Waals surface area (Å²) in [6, 6.07) is 8.92. The van der Waals surface area contributed by atoms with Crippen molar-refractivity contribution < 1.29 is 9.75 Å². The number of benzene rings is 1. The molecule has 0 heterocycles. The molecule has 0 amide bonds. The molecule has 0 aliphatic carbocycles. The Hall–Kier alpha value is 1.05. The third-order valence-corrected chi connectivity index (χ3v) is 55.0. The normalized spacial score (nSPS) is 18.5. The standard InChI is InChI=1S/2C6H15P.C6H5.BrH.Ni/c2*1-4-7(5-2)6-3;1-2-4-6-5-3-1;;/h2*4-6H2,1-3H3;1-5H;1H;/q;;;;-1/p+1. The molecule has 0 aliphatic rings. The van der Waals surface area contributed by atoms with E-state index in [-0.39, 0.29) is 0 Å². The van der Waals surface area contributed by atoms with Gasteiger partial charge in [0.15, 0.2) is 0 Å². The van der Waals surface area contributed by atoms with Crippen LogP contribution in [-0.2, 0) is 9.75 Å². The van der Waals surface area contributed by atoms with Crippen LogP contribution in [0.1, 0.15) is 41.5 Å². The first-order chi connectivity index (χ1) is 10.5. The zero-order chi connectivity index (χ0) is 16.9. The zero-order valence-electron chi connectivity index (χ0n) is 15.3. The minimum atomic E-state index is -1.34. The Bertz CT molecular complexity index is 405. The predicted molar refractivity (Wildman–Crippen MR) is 115 cm³/mol. The fourth-order valence-electron chi connectivity index (χ4n) is 3.72. The van der Waals surface area contributed by atoms with Crippen LogP contribution in [0.4, 0.5) is 0 Å². The van der Waals surface area contributed by atoms with Gasteiger partial charge in [-0.05, 0) is 0 Å². The van der Waals surface area contributed by atoms with Crippen molar-refractivity contribution in [2.45, 2.75) is 41.5 Å². The van der Waals surface area contributed by atoms with Crippen molar-refractivity contribution in [1.29, 1.82) is 0 Å². The third kappa shape index (κ3) is 3.25. The van der Waals surface area contributed by atoms with Crippen LogP contribution < -0.4 is 4.53 Å². The van der Waals surface area contributed by atoms with Gasteiger partial charge in [0.05, 0.1) is 0 Å². The van der Waals surface area contributed by atoms with E-state index < -0.39 is 21.8 Å². The van der Waals surface area contributed by atoms with Crippen LogP contribution in [-0.4, -0.2) is 37.0 Å². The van der Waals surface area contributed by atoms with Crippen LogP contribution >= 0.6 is 26.3 Å². The Balaban J connectivity index is 3.72. The van der Waals surface area contributed by atoms with Crippen molar-refractivity contribution in [2.75, 3.05) is 37.0 Å². The molecule has 0 unspecified atom stereocenters. The molecule has 0 N–H and O–H groups in total. The zero-order valence-corrected chi connectivity index (χ0v) is 19.9. The Morgan fingerprint density at radius 2 is 1.00 bits per heavy atom. The average Bonchev–Trinajstić information content (AvgIpc) is 2.59. The average molecular weight is 454 g/mol. The van der Waals surface area contributed by atoms with Gasteiger partial charge in [0.2, 0.25) is 0 Å². The number of hydrogen-bond acceptors (Lipinski definition) is 0. The van der Waals surface area contributed by atoms with E-state index in [2.05, 4.69) is 86.1 Å². The summed E-state index contributed by atoms with van der Waals surface area (Å²) in [7, 11) is -0.976. The van der Waals surface area contributed by atoms with E-state index in [1.807, 2.05) is 0 Å². The first kappa shape index (κ1) is 21.1. The van der Waals surface area contributed by atoms with Gasteiger partial charge in [0, 0.05) is 0 Å². The summed E-state index contributed by atoms with van der Waals surface area (Å²) in [5.74, 6) is 0. The van der Waals surface area contributed by atoms with Crippen molar-refractivity contribution in [3.05, 3.63) is 30.3 Å². The third-order valence-electron chi connectivity index (χ3n) is 5.56. The maximum absolute atomic E-state index is 4.62. The summed E-state index contributed by atoms with van der Waals surface area (Å²) >= 11 is 4.62. The van der Waals surface area contributed by atoms with Crippen molar-refractivity contribution >= 4 is 30.8 Å². The molecule has 0 aliphatic heterocycles. The fraction of sp³-hybridized carbons (Fsp3) is 0.667. The molecule has 0 radical (unpaired) electrons. The van der Waals surface area contributed by atoms with Gasteiger partial charge in [-0.15, -0.1) is 0 Å². The van der Waals surface area contributed by atoms with Crippen molar-refractivity contribution in [3.8, 4) is 0 Å². The molecule has 0 saturated heterocycles. The van der Waals surface area contributed by atoms with E-state index in [0.717, 1.165) is 0 Å². The fourth-order valence-corrected chi connectivity index (χ4v) is 58.1. The number of halogens is 1. The minimum absolute atomic E-state index is 0.976. The first-order valence-electron chi connectivity index (χ1n) is 8.87. The molecule has 0 saturated carbocycles. The molecule has 0 atom stereocenters. The summed E-state index contributed by atoms with van der Waals surface area (Å²) in [6.45, 7) is 14.9. The summed E-state index contributed by atoms with van der Waals surface area (Å²) < 4.78 is 1.68. The van der Waals surface area contributed by atoms with Crippen molar-refractivity contribution in [3.63, 3.8) is 0 Å². The van der Waals surface area contributed by atoms with Gasteiger partial charge in [-0.2, -0.15) is 0 Å². The van der Waals surface area contributed by atoms with Crippen LogP contribution in [0.5, 0.6) is 0 Å². The first-order valence-corrected chi connectivity index (χ1v) is 19.6. The van der Waals surface area contributed by atoms with Crippen LogP contribution in [0.3, 0.4) is 0 Å². The Morgan fingerprint density at radius 1 is 0.682 bits per heavy atom. The van der Waals surface area contributed by atoms with Crippen LogP contribution in [0.15, 0.2) is 30.3 Å². The molecular weight excluding hydrogens is 417 g/mol. The molecular formula is C18H37BrNiP2. The summed E-state index contributed by atoms with van der Waals surface area (Å²) in [4.78, 5) is 0. The van der Waals surface area contributed by atoms with Gasteiger partial charge in [0.1, 0.15) is 0 Å².